The van der Waals surface area contributed by atoms with Gasteiger partial charge in [0, 0.05) is 16.8 Å². The van der Waals surface area contributed by atoms with E-state index in [4.69, 9.17) is 9.47 Å². The van der Waals surface area contributed by atoms with E-state index in [0.29, 0.717) is 6.79 Å². The van der Waals surface area contributed by atoms with Crippen molar-refractivity contribution in [2.45, 2.75) is 23.8 Å². The average Bonchev–Trinajstić information content (AvgIpc) is 2.95. The topological polar surface area (TPSA) is 30.5 Å². The van der Waals surface area contributed by atoms with Crippen LogP contribution in [0.15, 0.2) is 23.1 Å². The second-order valence-electron chi connectivity index (χ2n) is 3.78. The Morgan fingerprint density at radius 1 is 1.27 bits per heavy atom. The van der Waals surface area contributed by atoms with Crippen molar-refractivity contribution in [2.75, 3.05) is 12.7 Å². The van der Waals surface area contributed by atoms with Gasteiger partial charge >= 0.3 is 0 Å². The first-order chi connectivity index (χ1) is 7.42. The van der Waals surface area contributed by atoms with E-state index in [-0.39, 0.29) is 0 Å². The molecular weight excluding hydrogens is 210 g/mol. The quantitative estimate of drug-likeness (QED) is 0.626. The predicted octanol–water partition coefficient (Wildman–Crippen LogP) is 2.22. The fourth-order valence-corrected chi connectivity index (χ4v) is 2.34. The van der Waals surface area contributed by atoms with Gasteiger partial charge in [0.25, 0.3) is 0 Å². The van der Waals surface area contributed by atoms with Gasteiger partial charge in [-0.1, -0.05) is 0 Å². The first kappa shape index (κ1) is 9.36. The molecule has 1 aromatic rings. The largest absolute Gasteiger partial charge is 0.454 e. The smallest absolute Gasteiger partial charge is 0.231 e. The lowest BCUT2D eigenvalue weighted by Crippen LogP contribution is -2.14. The van der Waals surface area contributed by atoms with Gasteiger partial charge < -0.3 is 14.8 Å². The van der Waals surface area contributed by atoms with Gasteiger partial charge in [0.05, 0.1) is 0 Å². The maximum Gasteiger partial charge on any atom is 0.231 e. The van der Waals surface area contributed by atoms with Crippen LogP contribution in [-0.2, 0) is 0 Å². The molecule has 1 heterocycles. The summed E-state index contributed by atoms with van der Waals surface area (Å²) in [6, 6.07) is 6.86. The fraction of sp³-hybridized carbons (Fsp3) is 0.455. The summed E-state index contributed by atoms with van der Waals surface area (Å²) in [6.07, 6.45) is 2.67. The third-order valence-electron chi connectivity index (χ3n) is 2.53. The van der Waals surface area contributed by atoms with E-state index in [1.54, 1.807) is 0 Å². The third kappa shape index (κ3) is 2.21. The van der Waals surface area contributed by atoms with Crippen molar-refractivity contribution >= 4 is 11.8 Å². The summed E-state index contributed by atoms with van der Waals surface area (Å²) in [5.74, 6) is 2.70. The van der Waals surface area contributed by atoms with E-state index in [0.717, 1.165) is 23.4 Å². The molecule has 1 aliphatic heterocycles. The lowest BCUT2D eigenvalue weighted by atomic mass is 10.3. The van der Waals surface area contributed by atoms with Crippen LogP contribution in [0.2, 0.25) is 0 Å². The molecule has 0 bridgehead atoms. The standard InChI is InChI=1S/C11H13NO2S/c1-2-8(1)12-6-15-9-3-4-10-11(5-9)14-7-13-10/h3-5,8,12H,1-2,6-7H2. The van der Waals surface area contributed by atoms with E-state index >= 15 is 0 Å². The van der Waals surface area contributed by atoms with Crippen LogP contribution in [0.5, 0.6) is 11.5 Å². The lowest BCUT2D eigenvalue weighted by molar-refractivity contribution is 0.174. The molecule has 1 aliphatic carbocycles. The zero-order chi connectivity index (χ0) is 10.1. The maximum atomic E-state index is 5.32. The normalized spacial score (nSPS) is 18.1. The number of nitrogens with one attached hydrogen (secondary N) is 1. The van der Waals surface area contributed by atoms with Gasteiger partial charge in [-0.15, -0.1) is 11.8 Å². The van der Waals surface area contributed by atoms with Crippen LogP contribution in [0.1, 0.15) is 12.8 Å². The summed E-state index contributed by atoms with van der Waals surface area (Å²) in [7, 11) is 0. The van der Waals surface area contributed by atoms with Crippen molar-refractivity contribution in [1.29, 1.82) is 0 Å². The Kier molecular flexibility index (Phi) is 2.46. The molecule has 80 valence electrons. The van der Waals surface area contributed by atoms with Crippen molar-refractivity contribution in [3.8, 4) is 11.5 Å². The summed E-state index contributed by atoms with van der Waals surface area (Å²) in [5.41, 5.74) is 0. The van der Waals surface area contributed by atoms with E-state index < -0.39 is 0 Å². The summed E-state index contributed by atoms with van der Waals surface area (Å²) in [5, 5.41) is 3.46. The van der Waals surface area contributed by atoms with Crippen LogP contribution in [0.25, 0.3) is 0 Å². The van der Waals surface area contributed by atoms with Crippen LogP contribution < -0.4 is 14.8 Å². The Hall–Kier alpha value is -0.870. The zero-order valence-electron chi connectivity index (χ0n) is 8.36. The van der Waals surface area contributed by atoms with Crippen molar-refractivity contribution in [3.05, 3.63) is 18.2 Å². The number of benzene rings is 1. The molecule has 0 amide bonds. The Labute approximate surface area is 93.1 Å². The number of hydrogen-bond donors (Lipinski definition) is 1. The molecule has 3 nitrogen and oxygen atoms in total. The van der Waals surface area contributed by atoms with Crippen molar-refractivity contribution in [1.82, 2.24) is 5.32 Å². The second-order valence-corrected chi connectivity index (χ2v) is 4.83. The molecule has 0 atom stereocenters. The molecule has 1 saturated carbocycles. The van der Waals surface area contributed by atoms with Crippen LogP contribution in [0, 0.1) is 0 Å². The number of rotatable bonds is 4. The van der Waals surface area contributed by atoms with E-state index in [1.807, 2.05) is 23.9 Å². The molecular formula is C11H13NO2S. The molecule has 0 unspecified atom stereocenters. The number of ether oxygens (including phenoxy) is 2. The highest BCUT2D eigenvalue weighted by atomic mass is 32.2. The Balaban J connectivity index is 1.59. The fourth-order valence-electron chi connectivity index (χ4n) is 1.50. The van der Waals surface area contributed by atoms with Crippen LogP contribution in [0.4, 0.5) is 0 Å². The van der Waals surface area contributed by atoms with Gasteiger partial charge in [-0.25, -0.2) is 0 Å². The van der Waals surface area contributed by atoms with Gasteiger partial charge in [-0.3, -0.25) is 0 Å². The van der Waals surface area contributed by atoms with Crippen molar-refractivity contribution < 1.29 is 9.47 Å². The van der Waals surface area contributed by atoms with Gasteiger partial charge in [0.2, 0.25) is 6.79 Å². The van der Waals surface area contributed by atoms with Gasteiger partial charge in [0.1, 0.15) is 0 Å². The third-order valence-corrected chi connectivity index (χ3v) is 3.43. The minimum atomic E-state index is 0.351. The Bertz CT molecular complexity index is 366. The Morgan fingerprint density at radius 3 is 3.00 bits per heavy atom. The Morgan fingerprint density at radius 2 is 2.13 bits per heavy atom. The molecule has 4 heteroatoms. The molecule has 0 saturated heterocycles. The summed E-state index contributed by atoms with van der Waals surface area (Å²) in [6.45, 7) is 0.351. The predicted molar refractivity (Wildman–Crippen MR) is 59.4 cm³/mol. The average molecular weight is 223 g/mol. The second kappa shape index (κ2) is 3.94. The monoisotopic (exact) mass is 223 g/mol. The van der Waals surface area contributed by atoms with Gasteiger partial charge in [0.15, 0.2) is 11.5 Å². The van der Waals surface area contributed by atoms with Gasteiger partial charge in [-0.2, -0.15) is 0 Å². The summed E-state index contributed by atoms with van der Waals surface area (Å²) < 4.78 is 10.6. The lowest BCUT2D eigenvalue weighted by Gasteiger charge is -2.03. The first-order valence-electron chi connectivity index (χ1n) is 5.18. The minimum Gasteiger partial charge on any atom is -0.454 e. The molecule has 0 aromatic heterocycles. The molecule has 2 aliphatic rings. The molecule has 15 heavy (non-hydrogen) atoms. The van der Waals surface area contributed by atoms with Crippen LogP contribution in [-0.4, -0.2) is 18.7 Å². The van der Waals surface area contributed by atoms with Crippen LogP contribution >= 0.6 is 11.8 Å². The van der Waals surface area contributed by atoms with E-state index in [1.165, 1.54) is 17.7 Å². The number of hydrogen-bond acceptors (Lipinski definition) is 4. The summed E-state index contributed by atoms with van der Waals surface area (Å²) in [4.78, 5) is 1.23. The molecule has 1 aromatic carbocycles. The van der Waals surface area contributed by atoms with E-state index in [2.05, 4.69) is 11.4 Å². The van der Waals surface area contributed by atoms with Crippen molar-refractivity contribution in [2.24, 2.45) is 0 Å². The highest BCUT2D eigenvalue weighted by molar-refractivity contribution is 7.99. The zero-order valence-corrected chi connectivity index (χ0v) is 9.18. The maximum absolute atomic E-state index is 5.32. The molecule has 1 fully saturated rings. The molecule has 1 N–H and O–H groups in total. The first-order valence-corrected chi connectivity index (χ1v) is 6.16. The highest BCUT2D eigenvalue weighted by Gasteiger charge is 2.20. The SMILES string of the molecule is c1cc2c(cc1SCNC1CC1)OCO2. The highest BCUT2D eigenvalue weighted by Crippen LogP contribution is 2.35. The van der Waals surface area contributed by atoms with Crippen LogP contribution in [0.3, 0.4) is 0 Å². The molecule has 3 rings (SSSR count). The summed E-state index contributed by atoms with van der Waals surface area (Å²) >= 11 is 1.81. The number of fused-ring (bicyclic) bond motifs is 1. The number of thioether (sulfide) groups is 1. The van der Waals surface area contributed by atoms with Gasteiger partial charge in [-0.05, 0) is 31.0 Å². The minimum absolute atomic E-state index is 0.351. The molecule has 0 radical (unpaired) electrons. The van der Waals surface area contributed by atoms with Crippen molar-refractivity contribution in [3.63, 3.8) is 0 Å². The van der Waals surface area contributed by atoms with E-state index in [9.17, 15) is 0 Å². The molecule has 0 spiro atoms.